The van der Waals surface area contributed by atoms with Gasteiger partial charge in [-0.15, -0.1) is 0 Å². The smallest absolute Gasteiger partial charge is 0.344 e. The van der Waals surface area contributed by atoms with Gasteiger partial charge in [-0.2, -0.15) is 0 Å². The molecule has 6 nitrogen and oxygen atoms in total. The van der Waals surface area contributed by atoms with E-state index in [1.807, 2.05) is 18.2 Å². The number of carbonyl (C=O) groups is 1. The Labute approximate surface area is 152 Å². The lowest BCUT2D eigenvalue weighted by Crippen LogP contribution is -2.47. The third-order valence-electron chi connectivity index (χ3n) is 4.29. The first kappa shape index (κ1) is 17.4. The molecule has 0 spiro atoms. The van der Waals surface area contributed by atoms with Crippen molar-refractivity contribution in [3.8, 4) is 0 Å². The van der Waals surface area contributed by atoms with Crippen molar-refractivity contribution in [1.82, 2.24) is 9.55 Å². The fraction of sp³-hybridized carbons (Fsp3) is 0.389. The number of esters is 1. The number of ether oxygens (including phenoxy) is 1. The third kappa shape index (κ3) is 3.66. The highest BCUT2D eigenvalue weighted by Gasteiger charge is 2.25. The van der Waals surface area contributed by atoms with Crippen molar-refractivity contribution in [2.24, 2.45) is 7.05 Å². The van der Waals surface area contributed by atoms with E-state index >= 15 is 0 Å². The highest BCUT2D eigenvalue weighted by molar-refractivity contribution is 7.71. The summed E-state index contributed by atoms with van der Waals surface area (Å²) >= 11 is 5.43. The van der Waals surface area contributed by atoms with Gasteiger partial charge in [0.2, 0.25) is 0 Å². The molecule has 132 valence electrons. The molecule has 3 rings (SSSR count). The van der Waals surface area contributed by atoms with Gasteiger partial charge in [-0.3, -0.25) is 0 Å². The summed E-state index contributed by atoms with van der Waals surface area (Å²) in [6, 6.07) is 10.3. The van der Waals surface area contributed by atoms with Gasteiger partial charge in [-0.05, 0) is 19.1 Å². The number of rotatable bonds is 4. The zero-order chi connectivity index (χ0) is 17.8. The molecule has 0 atom stereocenters. The van der Waals surface area contributed by atoms with Crippen LogP contribution in [0.3, 0.4) is 0 Å². The van der Waals surface area contributed by atoms with E-state index in [0.29, 0.717) is 22.6 Å². The van der Waals surface area contributed by atoms with Gasteiger partial charge in [0, 0.05) is 38.9 Å². The predicted molar refractivity (Wildman–Crippen MR) is 101 cm³/mol. The Balaban J connectivity index is 1.83. The maximum atomic E-state index is 12.4. The average molecular weight is 358 g/mol. The number of benzene rings is 1. The number of piperazine rings is 1. The van der Waals surface area contributed by atoms with Gasteiger partial charge in [-0.1, -0.05) is 30.4 Å². The number of nitrogens with zero attached hydrogens (tertiary/aromatic N) is 4. The molecule has 0 radical (unpaired) electrons. The summed E-state index contributed by atoms with van der Waals surface area (Å²) in [5.74, 6) is 0.214. The van der Waals surface area contributed by atoms with Crippen LogP contribution in [0.1, 0.15) is 17.3 Å². The minimum atomic E-state index is -0.406. The number of aromatic nitrogens is 2. The fourth-order valence-corrected chi connectivity index (χ4v) is 3.19. The molecule has 2 heterocycles. The second kappa shape index (κ2) is 7.65. The van der Waals surface area contributed by atoms with Gasteiger partial charge in [0.1, 0.15) is 16.0 Å². The van der Waals surface area contributed by atoms with Crippen molar-refractivity contribution in [3.63, 3.8) is 0 Å². The van der Waals surface area contributed by atoms with Crippen molar-refractivity contribution in [3.05, 3.63) is 46.9 Å². The highest BCUT2D eigenvalue weighted by atomic mass is 32.1. The number of anilines is 2. The Bertz CT molecular complexity index is 798. The number of carbonyl (C=O) groups excluding carboxylic acids is 1. The zero-order valence-electron chi connectivity index (χ0n) is 14.5. The van der Waals surface area contributed by atoms with Crippen molar-refractivity contribution < 1.29 is 9.53 Å². The van der Waals surface area contributed by atoms with Gasteiger partial charge >= 0.3 is 5.97 Å². The van der Waals surface area contributed by atoms with E-state index in [1.54, 1.807) is 24.9 Å². The summed E-state index contributed by atoms with van der Waals surface area (Å²) in [6.45, 7) is 5.38. The average Bonchev–Trinajstić information content (AvgIpc) is 2.65. The number of aryl methyl sites for hydroxylation is 1. The third-order valence-corrected chi connectivity index (χ3v) is 4.78. The summed E-state index contributed by atoms with van der Waals surface area (Å²) in [7, 11) is 1.79. The van der Waals surface area contributed by atoms with E-state index in [-0.39, 0.29) is 0 Å². The second-order valence-electron chi connectivity index (χ2n) is 5.89. The van der Waals surface area contributed by atoms with Gasteiger partial charge in [0.25, 0.3) is 0 Å². The normalized spacial score (nSPS) is 14.5. The van der Waals surface area contributed by atoms with Gasteiger partial charge < -0.3 is 19.1 Å². The molecule has 7 heteroatoms. The molecule has 1 aliphatic heterocycles. The van der Waals surface area contributed by atoms with Crippen LogP contribution in [0.15, 0.2) is 36.7 Å². The molecule has 1 aromatic carbocycles. The molecule has 0 bridgehead atoms. The van der Waals surface area contributed by atoms with Crippen LogP contribution in [0.4, 0.5) is 11.5 Å². The molecule has 1 fully saturated rings. The van der Waals surface area contributed by atoms with Crippen LogP contribution in [0, 0.1) is 4.64 Å². The van der Waals surface area contributed by atoms with Crippen molar-refractivity contribution >= 4 is 29.7 Å². The number of para-hydroxylation sites is 1. The van der Waals surface area contributed by atoms with E-state index in [9.17, 15) is 4.79 Å². The van der Waals surface area contributed by atoms with Crippen molar-refractivity contribution in [1.29, 1.82) is 0 Å². The Morgan fingerprint density at radius 2 is 1.80 bits per heavy atom. The minimum absolute atomic E-state index is 0.313. The fourth-order valence-electron chi connectivity index (χ4n) is 2.97. The highest BCUT2D eigenvalue weighted by Crippen LogP contribution is 2.23. The van der Waals surface area contributed by atoms with E-state index in [2.05, 4.69) is 26.9 Å². The lowest BCUT2D eigenvalue weighted by atomic mass is 10.2. The molecule has 0 saturated carbocycles. The summed E-state index contributed by atoms with van der Waals surface area (Å²) < 4.78 is 7.31. The summed E-state index contributed by atoms with van der Waals surface area (Å²) in [6.07, 6.45) is 1.66. The molecule has 1 saturated heterocycles. The first-order chi connectivity index (χ1) is 12.1. The largest absolute Gasteiger partial charge is 0.462 e. The molecule has 0 unspecified atom stereocenters. The summed E-state index contributed by atoms with van der Waals surface area (Å²) in [5.41, 5.74) is 1.60. The molecular formula is C18H22N4O2S. The molecule has 0 N–H and O–H groups in total. The van der Waals surface area contributed by atoms with Gasteiger partial charge in [0.05, 0.1) is 12.9 Å². The van der Waals surface area contributed by atoms with E-state index in [0.717, 1.165) is 26.2 Å². The summed E-state index contributed by atoms with van der Waals surface area (Å²) in [4.78, 5) is 21.3. The lowest BCUT2D eigenvalue weighted by Gasteiger charge is -2.37. The van der Waals surface area contributed by atoms with Crippen LogP contribution in [0.25, 0.3) is 0 Å². The Morgan fingerprint density at radius 1 is 1.16 bits per heavy atom. The molecule has 25 heavy (non-hydrogen) atoms. The second-order valence-corrected chi connectivity index (χ2v) is 6.28. The maximum absolute atomic E-state index is 12.4. The topological polar surface area (TPSA) is 50.6 Å². The molecular weight excluding hydrogens is 336 g/mol. The summed E-state index contributed by atoms with van der Waals surface area (Å²) in [5, 5.41) is 0. The lowest BCUT2D eigenvalue weighted by molar-refractivity contribution is 0.0525. The minimum Gasteiger partial charge on any atom is -0.462 e. The molecule has 1 aromatic heterocycles. The van der Waals surface area contributed by atoms with Crippen LogP contribution in [0.2, 0.25) is 0 Å². The van der Waals surface area contributed by atoms with E-state index in [4.69, 9.17) is 17.0 Å². The molecule has 0 aliphatic carbocycles. The van der Waals surface area contributed by atoms with Crippen molar-refractivity contribution in [2.45, 2.75) is 6.92 Å². The Hall–Kier alpha value is -2.41. The number of hydrogen-bond donors (Lipinski definition) is 0. The van der Waals surface area contributed by atoms with Gasteiger partial charge in [0.15, 0.2) is 0 Å². The van der Waals surface area contributed by atoms with Gasteiger partial charge in [-0.25, -0.2) is 9.78 Å². The van der Waals surface area contributed by atoms with Crippen LogP contribution in [-0.4, -0.2) is 48.3 Å². The maximum Gasteiger partial charge on any atom is 0.344 e. The monoisotopic (exact) mass is 358 g/mol. The first-order valence-electron chi connectivity index (χ1n) is 8.39. The van der Waals surface area contributed by atoms with Crippen LogP contribution >= 0.6 is 12.2 Å². The first-order valence-corrected chi connectivity index (χ1v) is 8.80. The molecule has 0 amide bonds. The standard InChI is InChI=1S/C18H22N4O2S/c1-3-24-18(23)15-16(19-13-20(2)17(15)25)22-11-9-21(10-12-22)14-7-5-4-6-8-14/h4-8,13H,3,9-12H2,1-2H3. The Kier molecular flexibility index (Phi) is 5.33. The van der Waals surface area contributed by atoms with Crippen LogP contribution in [-0.2, 0) is 11.8 Å². The number of hydrogen-bond acceptors (Lipinski definition) is 6. The molecule has 1 aliphatic rings. The Morgan fingerprint density at radius 3 is 2.44 bits per heavy atom. The zero-order valence-corrected chi connectivity index (χ0v) is 15.3. The van der Waals surface area contributed by atoms with Crippen LogP contribution < -0.4 is 9.80 Å². The predicted octanol–water partition coefficient (Wildman–Crippen LogP) is 2.65. The van der Waals surface area contributed by atoms with E-state index < -0.39 is 5.97 Å². The quantitative estimate of drug-likeness (QED) is 0.619. The van der Waals surface area contributed by atoms with Crippen LogP contribution in [0.5, 0.6) is 0 Å². The van der Waals surface area contributed by atoms with E-state index in [1.165, 1.54) is 5.69 Å². The van der Waals surface area contributed by atoms with Crippen molar-refractivity contribution in [2.75, 3.05) is 42.6 Å². The SMILES string of the molecule is CCOC(=O)c1c(N2CCN(c3ccccc3)CC2)ncn(C)c1=S. The molecule has 2 aromatic rings.